The summed E-state index contributed by atoms with van der Waals surface area (Å²) in [5.41, 5.74) is -0.101. The Balaban J connectivity index is 2.18. The lowest BCUT2D eigenvalue weighted by Crippen LogP contribution is -2.24. The van der Waals surface area contributed by atoms with Gasteiger partial charge in [0.1, 0.15) is 0 Å². The van der Waals surface area contributed by atoms with Gasteiger partial charge in [0.2, 0.25) is 0 Å². The minimum Gasteiger partial charge on any atom is -0.343 e. The molecule has 0 aromatic rings. The number of epoxide rings is 1. The van der Waals surface area contributed by atoms with Crippen molar-refractivity contribution in [3.63, 3.8) is 0 Å². The lowest BCUT2D eigenvalue weighted by Gasteiger charge is -2.17. The molecule has 60 valence electrons. The van der Waals surface area contributed by atoms with Crippen molar-refractivity contribution in [3.8, 4) is 0 Å². The van der Waals surface area contributed by atoms with Crippen LogP contribution in [0.4, 0.5) is 0 Å². The molecule has 3 nitrogen and oxygen atoms in total. The Morgan fingerprint density at radius 3 is 2.30 bits per heavy atom. The summed E-state index contributed by atoms with van der Waals surface area (Å²) in [4.78, 5) is 0. The van der Waals surface area contributed by atoms with Gasteiger partial charge in [0, 0.05) is 0 Å². The van der Waals surface area contributed by atoms with Crippen LogP contribution in [0.15, 0.2) is 0 Å². The van der Waals surface area contributed by atoms with Gasteiger partial charge in [-0.25, -0.2) is 0 Å². The third-order valence-electron chi connectivity index (χ3n) is 1.21. The molecule has 0 saturated carbocycles. The zero-order valence-corrected chi connectivity index (χ0v) is 6.97. The van der Waals surface area contributed by atoms with Crippen LogP contribution in [0.5, 0.6) is 0 Å². The fourth-order valence-corrected chi connectivity index (χ4v) is 0.741. The molecule has 1 aliphatic heterocycles. The highest BCUT2D eigenvalue weighted by Crippen LogP contribution is 2.25. The average molecular weight is 145 g/mol. The van der Waals surface area contributed by atoms with E-state index in [4.69, 9.17) is 9.47 Å². The third-order valence-corrected chi connectivity index (χ3v) is 1.21. The Labute approximate surface area is 61.7 Å². The highest BCUT2D eigenvalue weighted by Gasteiger charge is 2.41. The Bertz CT molecular complexity index is 119. The minimum atomic E-state index is -0.101. The monoisotopic (exact) mass is 145 g/mol. The molecule has 2 unspecified atom stereocenters. The molecule has 1 saturated heterocycles. The van der Waals surface area contributed by atoms with Crippen LogP contribution in [0.3, 0.4) is 0 Å². The average Bonchev–Trinajstić information content (AvgIpc) is 2.42. The standard InChI is InChI=1S/C7H15NO2/c1-7(2,3)10-6-5(8-4)9-6/h5-6,8H,1-4H3. The minimum absolute atomic E-state index is 0.0370. The van der Waals surface area contributed by atoms with Crippen molar-refractivity contribution in [2.45, 2.75) is 38.9 Å². The van der Waals surface area contributed by atoms with Gasteiger partial charge >= 0.3 is 0 Å². The number of likely N-dealkylation sites (N-methyl/N-ethyl adjacent to an activating group) is 1. The molecular weight excluding hydrogens is 130 g/mol. The summed E-state index contributed by atoms with van der Waals surface area (Å²) >= 11 is 0. The lowest BCUT2D eigenvalue weighted by atomic mass is 10.2. The Hall–Kier alpha value is -0.120. The maximum atomic E-state index is 5.47. The summed E-state index contributed by atoms with van der Waals surface area (Å²) in [6.45, 7) is 6.05. The summed E-state index contributed by atoms with van der Waals surface area (Å²) in [6.07, 6.45) is 0.0734. The van der Waals surface area contributed by atoms with Gasteiger partial charge in [-0.1, -0.05) is 0 Å². The quantitative estimate of drug-likeness (QED) is 0.581. The van der Waals surface area contributed by atoms with Gasteiger partial charge in [-0.3, -0.25) is 5.32 Å². The van der Waals surface area contributed by atoms with Crippen LogP contribution in [0, 0.1) is 0 Å². The molecule has 1 N–H and O–H groups in total. The maximum Gasteiger partial charge on any atom is 0.200 e. The van der Waals surface area contributed by atoms with Crippen LogP contribution < -0.4 is 5.32 Å². The van der Waals surface area contributed by atoms with Crippen LogP contribution in [0.25, 0.3) is 0 Å². The van der Waals surface area contributed by atoms with Crippen LogP contribution in [0.2, 0.25) is 0 Å². The number of rotatable bonds is 2. The highest BCUT2D eigenvalue weighted by atomic mass is 16.8. The van der Waals surface area contributed by atoms with Crippen LogP contribution in [-0.4, -0.2) is 25.2 Å². The molecule has 0 spiro atoms. The second-order valence-electron chi connectivity index (χ2n) is 3.44. The van der Waals surface area contributed by atoms with E-state index in [0.717, 1.165) is 0 Å². The van der Waals surface area contributed by atoms with Crippen molar-refractivity contribution in [1.82, 2.24) is 5.32 Å². The first-order chi connectivity index (χ1) is 4.53. The second kappa shape index (κ2) is 2.49. The van der Waals surface area contributed by atoms with Crippen molar-refractivity contribution >= 4 is 0 Å². The van der Waals surface area contributed by atoms with Crippen molar-refractivity contribution in [3.05, 3.63) is 0 Å². The maximum absolute atomic E-state index is 5.47. The first-order valence-corrected chi connectivity index (χ1v) is 3.53. The molecule has 2 atom stereocenters. The van der Waals surface area contributed by atoms with Gasteiger partial charge in [-0.2, -0.15) is 0 Å². The predicted octanol–water partition coefficient (Wildman–Crippen LogP) is 0.703. The summed E-state index contributed by atoms with van der Waals surface area (Å²) in [6, 6.07) is 0. The van der Waals surface area contributed by atoms with Gasteiger partial charge in [0.25, 0.3) is 0 Å². The Morgan fingerprint density at radius 1 is 1.40 bits per heavy atom. The highest BCUT2D eigenvalue weighted by molar-refractivity contribution is 4.75. The van der Waals surface area contributed by atoms with E-state index in [2.05, 4.69) is 5.32 Å². The van der Waals surface area contributed by atoms with Gasteiger partial charge in [0.05, 0.1) is 5.60 Å². The summed E-state index contributed by atoms with van der Waals surface area (Å²) < 4.78 is 10.6. The third kappa shape index (κ3) is 2.25. The molecule has 3 heteroatoms. The molecule has 10 heavy (non-hydrogen) atoms. The van der Waals surface area contributed by atoms with Crippen molar-refractivity contribution < 1.29 is 9.47 Å². The Morgan fingerprint density at radius 2 is 2.00 bits per heavy atom. The number of hydrogen-bond donors (Lipinski definition) is 1. The normalized spacial score (nSPS) is 32.4. The van der Waals surface area contributed by atoms with Crippen molar-refractivity contribution in [1.29, 1.82) is 0 Å². The summed E-state index contributed by atoms with van der Waals surface area (Å²) in [5.74, 6) is 0. The van der Waals surface area contributed by atoms with E-state index < -0.39 is 0 Å². The molecule has 0 aromatic carbocycles. The fraction of sp³-hybridized carbons (Fsp3) is 1.00. The summed E-state index contributed by atoms with van der Waals surface area (Å²) in [5, 5.41) is 2.96. The van der Waals surface area contributed by atoms with Gasteiger partial charge in [-0.05, 0) is 27.8 Å². The summed E-state index contributed by atoms with van der Waals surface area (Å²) in [7, 11) is 1.86. The van der Waals surface area contributed by atoms with Crippen LogP contribution in [-0.2, 0) is 9.47 Å². The molecule has 1 aliphatic rings. The van der Waals surface area contributed by atoms with E-state index >= 15 is 0 Å². The molecule has 0 radical (unpaired) electrons. The van der Waals surface area contributed by atoms with Crippen molar-refractivity contribution in [2.24, 2.45) is 0 Å². The zero-order valence-electron chi connectivity index (χ0n) is 6.97. The SMILES string of the molecule is CNC1OC1OC(C)(C)C. The smallest absolute Gasteiger partial charge is 0.200 e. The molecular formula is C7H15NO2. The first-order valence-electron chi connectivity index (χ1n) is 3.53. The molecule has 1 fully saturated rings. The molecule has 0 aromatic heterocycles. The molecule has 0 aliphatic carbocycles. The molecule has 0 bridgehead atoms. The van der Waals surface area contributed by atoms with E-state index in [-0.39, 0.29) is 18.1 Å². The van der Waals surface area contributed by atoms with Gasteiger partial charge in [0.15, 0.2) is 12.5 Å². The van der Waals surface area contributed by atoms with Gasteiger partial charge in [-0.15, -0.1) is 0 Å². The van der Waals surface area contributed by atoms with Gasteiger partial charge < -0.3 is 9.47 Å². The fourth-order valence-electron chi connectivity index (χ4n) is 0.741. The van der Waals surface area contributed by atoms with E-state index in [1.165, 1.54) is 0 Å². The number of ether oxygens (including phenoxy) is 2. The predicted molar refractivity (Wildman–Crippen MR) is 38.6 cm³/mol. The second-order valence-corrected chi connectivity index (χ2v) is 3.44. The van der Waals surface area contributed by atoms with Crippen LogP contribution in [0.1, 0.15) is 20.8 Å². The van der Waals surface area contributed by atoms with E-state index in [0.29, 0.717) is 0 Å². The first kappa shape index (κ1) is 7.98. The number of hydrogen-bond acceptors (Lipinski definition) is 3. The molecule has 0 amide bonds. The topological polar surface area (TPSA) is 33.8 Å². The molecule has 1 rings (SSSR count). The lowest BCUT2D eigenvalue weighted by molar-refractivity contribution is -0.0570. The van der Waals surface area contributed by atoms with E-state index in [1.54, 1.807) is 0 Å². The van der Waals surface area contributed by atoms with Crippen LogP contribution >= 0.6 is 0 Å². The molecule has 1 heterocycles. The van der Waals surface area contributed by atoms with E-state index in [1.807, 2.05) is 27.8 Å². The van der Waals surface area contributed by atoms with E-state index in [9.17, 15) is 0 Å². The number of nitrogens with one attached hydrogen (secondary N) is 1. The zero-order chi connectivity index (χ0) is 7.78. The largest absolute Gasteiger partial charge is 0.343 e. The Kier molecular flexibility index (Phi) is 1.99. The van der Waals surface area contributed by atoms with Crippen molar-refractivity contribution in [2.75, 3.05) is 7.05 Å².